The Morgan fingerprint density at radius 3 is 2.24 bits per heavy atom. The van der Waals surface area contributed by atoms with Gasteiger partial charge in [-0.2, -0.15) is 0 Å². The number of benzene rings is 2. The molecule has 0 N–H and O–H groups in total. The molecular formula is C24H26S. The molecule has 0 saturated carbocycles. The van der Waals surface area contributed by atoms with Gasteiger partial charge in [-0.1, -0.05) is 74.5 Å². The van der Waals surface area contributed by atoms with Crippen LogP contribution in [0, 0.1) is 13.8 Å². The topological polar surface area (TPSA) is 0 Å². The van der Waals surface area contributed by atoms with Crippen molar-refractivity contribution in [3.05, 3.63) is 88.3 Å². The van der Waals surface area contributed by atoms with Gasteiger partial charge in [0.1, 0.15) is 0 Å². The average molecular weight is 347 g/mol. The van der Waals surface area contributed by atoms with Gasteiger partial charge in [0, 0.05) is 15.0 Å². The van der Waals surface area contributed by atoms with Gasteiger partial charge in [0.2, 0.25) is 0 Å². The summed E-state index contributed by atoms with van der Waals surface area (Å²) in [6.07, 6.45) is 1.98. The van der Waals surface area contributed by atoms with Gasteiger partial charge < -0.3 is 0 Å². The minimum Gasteiger partial charge on any atom is -0.140 e. The first-order valence-electron chi connectivity index (χ1n) is 8.76. The van der Waals surface area contributed by atoms with Gasteiger partial charge in [-0.15, -0.1) is 11.3 Å². The molecule has 1 aliphatic carbocycles. The molecule has 0 amide bonds. The van der Waals surface area contributed by atoms with Crippen LogP contribution in [0.5, 0.6) is 0 Å². The van der Waals surface area contributed by atoms with Gasteiger partial charge >= 0.3 is 0 Å². The molecule has 0 nitrogen and oxygen atoms in total. The average Bonchev–Trinajstić information content (AvgIpc) is 3.01. The molecule has 1 heterocycles. The maximum absolute atomic E-state index is 3.90. The van der Waals surface area contributed by atoms with Gasteiger partial charge in [0.15, 0.2) is 0 Å². The monoisotopic (exact) mass is 346 g/mol. The maximum atomic E-state index is 3.90. The summed E-state index contributed by atoms with van der Waals surface area (Å²) in [4.78, 5) is 1.44. The lowest BCUT2D eigenvalue weighted by atomic mass is 9.82. The van der Waals surface area contributed by atoms with E-state index in [0.29, 0.717) is 0 Å². The highest BCUT2D eigenvalue weighted by molar-refractivity contribution is 7.19. The lowest BCUT2D eigenvalue weighted by molar-refractivity contribution is 0.639. The van der Waals surface area contributed by atoms with E-state index in [1.54, 1.807) is 0 Å². The van der Waals surface area contributed by atoms with E-state index in [9.17, 15) is 0 Å². The summed E-state index contributed by atoms with van der Waals surface area (Å²) in [5.74, 6) is 0. The van der Waals surface area contributed by atoms with Crippen molar-refractivity contribution < 1.29 is 0 Å². The molecule has 0 aliphatic heterocycles. The fourth-order valence-corrected chi connectivity index (χ4v) is 4.63. The zero-order chi connectivity index (χ0) is 18.2. The van der Waals surface area contributed by atoms with Crippen LogP contribution in [-0.2, 0) is 5.41 Å². The Balaban J connectivity index is 0.000000150. The fourth-order valence-electron chi connectivity index (χ4n) is 3.56. The third-order valence-corrected chi connectivity index (χ3v) is 6.71. The summed E-state index contributed by atoms with van der Waals surface area (Å²) in [6.45, 7) is 15.0. The van der Waals surface area contributed by atoms with Crippen molar-refractivity contribution in [3.8, 4) is 0 Å². The second-order valence-electron chi connectivity index (χ2n) is 7.19. The Morgan fingerprint density at radius 2 is 1.56 bits per heavy atom. The highest BCUT2D eigenvalue weighted by Crippen LogP contribution is 2.45. The predicted octanol–water partition coefficient (Wildman–Crippen LogP) is 7.46. The van der Waals surface area contributed by atoms with E-state index in [0.717, 1.165) is 0 Å². The standard InChI is InChI=1S/C14H16.C10H10S/c1-5-11-10(2)14(3,4)13-9-7-6-8-12(11)13;1-7-8(2)11-10-6-4-3-5-9(7)10/h5-9H,1H2,2-4H3;3-6H,1-2H3. The molecule has 0 fully saturated rings. The Bertz CT molecular complexity index is 967. The number of rotatable bonds is 1. The molecule has 1 aromatic heterocycles. The van der Waals surface area contributed by atoms with Crippen molar-refractivity contribution in [2.24, 2.45) is 0 Å². The Kier molecular flexibility index (Phi) is 4.71. The highest BCUT2D eigenvalue weighted by Gasteiger charge is 2.33. The third kappa shape index (κ3) is 2.98. The molecular weight excluding hydrogens is 320 g/mol. The van der Waals surface area contributed by atoms with Crippen LogP contribution < -0.4 is 0 Å². The zero-order valence-electron chi connectivity index (χ0n) is 15.8. The van der Waals surface area contributed by atoms with Gasteiger partial charge in [-0.3, -0.25) is 0 Å². The van der Waals surface area contributed by atoms with Crippen LogP contribution >= 0.6 is 11.3 Å². The van der Waals surface area contributed by atoms with E-state index in [-0.39, 0.29) is 5.41 Å². The van der Waals surface area contributed by atoms with Crippen LogP contribution in [0.25, 0.3) is 15.7 Å². The lowest BCUT2D eigenvalue weighted by Crippen LogP contribution is -2.15. The zero-order valence-corrected chi connectivity index (χ0v) is 16.6. The first-order valence-corrected chi connectivity index (χ1v) is 9.58. The van der Waals surface area contributed by atoms with Crippen LogP contribution in [0.15, 0.2) is 66.8 Å². The van der Waals surface area contributed by atoms with E-state index < -0.39 is 0 Å². The first kappa shape index (κ1) is 17.7. The molecule has 0 spiro atoms. The maximum Gasteiger partial charge on any atom is 0.0348 e. The summed E-state index contributed by atoms with van der Waals surface area (Å²) in [5.41, 5.74) is 7.11. The van der Waals surface area contributed by atoms with Crippen molar-refractivity contribution in [1.82, 2.24) is 0 Å². The van der Waals surface area contributed by atoms with E-state index in [4.69, 9.17) is 0 Å². The molecule has 0 atom stereocenters. The van der Waals surface area contributed by atoms with E-state index in [1.807, 2.05) is 17.4 Å². The summed E-state index contributed by atoms with van der Waals surface area (Å²) < 4.78 is 1.41. The van der Waals surface area contributed by atoms with Crippen LogP contribution in [0.4, 0.5) is 0 Å². The minimum atomic E-state index is 0.167. The molecule has 1 heteroatoms. The highest BCUT2D eigenvalue weighted by atomic mass is 32.1. The summed E-state index contributed by atoms with van der Waals surface area (Å²) in [7, 11) is 0. The van der Waals surface area contributed by atoms with Crippen LogP contribution in [0.3, 0.4) is 0 Å². The molecule has 4 rings (SSSR count). The van der Waals surface area contributed by atoms with Gasteiger partial charge in [0.05, 0.1) is 0 Å². The molecule has 0 bridgehead atoms. The second kappa shape index (κ2) is 6.65. The number of fused-ring (bicyclic) bond motifs is 2. The van der Waals surface area contributed by atoms with Gasteiger partial charge in [0.25, 0.3) is 0 Å². The SMILES string of the molecule is C=CC1=C(C)C(C)(C)c2ccccc21.Cc1sc2ccccc2c1C. The van der Waals surface area contributed by atoms with E-state index in [2.05, 4.69) is 89.7 Å². The Morgan fingerprint density at radius 1 is 0.920 bits per heavy atom. The van der Waals surface area contributed by atoms with Crippen LogP contribution in [-0.4, -0.2) is 0 Å². The quantitative estimate of drug-likeness (QED) is 0.429. The van der Waals surface area contributed by atoms with Crippen molar-refractivity contribution in [3.63, 3.8) is 0 Å². The Hall–Kier alpha value is -2.12. The van der Waals surface area contributed by atoms with Crippen molar-refractivity contribution in [1.29, 1.82) is 0 Å². The summed E-state index contributed by atoms with van der Waals surface area (Å²) in [6, 6.07) is 17.2. The van der Waals surface area contributed by atoms with Gasteiger partial charge in [-0.25, -0.2) is 0 Å². The number of hydrogen-bond donors (Lipinski definition) is 0. The molecule has 25 heavy (non-hydrogen) atoms. The predicted molar refractivity (Wildman–Crippen MR) is 114 cm³/mol. The normalized spacial score (nSPS) is 14.9. The fraction of sp³-hybridized carbons (Fsp3) is 0.250. The largest absolute Gasteiger partial charge is 0.140 e. The number of thiophene rings is 1. The van der Waals surface area contributed by atoms with Gasteiger partial charge in [-0.05, 0) is 54.5 Å². The molecule has 0 radical (unpaired) electrons. The van der Waals surface area contributed by atoms with E-state index >= 15 is 0 Å². The second-order valence-corrected chi connectivity index (χ2v) is 8.45. The smallest absolute Gasteiger partial charge is 0.0348 e. The molecule has 0 saturated heterocycles. The number of allylic oxidation sites excluding steroid dienone is 3. The number of hydrogen-bond acceptors (Lipinski definition) is 1. The minimum absolute atomic E-state index is 0.167. The number of aryl methyl sites for hydroxylation is 2. The molecule has 128 valence electrons. The van der Waals surface area contributed by atoms with Crippen molar-refractivity contribution >= 4 is 27.0 Å². The van der Waals surface area contributed by atoms with Crippen LogP contribution in [0.1, 0.15) is 42.3 Å². The van der Waals surface area contributed by atoms with Crippen molar-refractivity contribution in [2.75, 3.05) is 0 Å². The summed E-state index contributed by atoms with van der Waals surface area (Å²) in [5, 5.41) is 1.41. The van der Waals surface area contributed by atoms with Crippen LogP contribution in [0.2, 0.25) is 0 Å². The Labute approximate surface area is 155 Å². The van der Waals surface area contributed by atoms with E-state index in [1.165, 1.54) is 42.8 Å². The summed E-state index contributed by atoms with van der Waals surface area (Å²) >= 11 is 1.88. The first-order chi connectivity index (χ1) is 11.9. The third-order valence-electron chi connectivity index (χ3n) is 5.52. The molecule has 0 unspecified atom stereocenters. The lowest BCUT2D eigenvalue weighted by Gasteiger charge is -2.21. The molecule has 1 aliphatic rings. The molecule has 3 aromatic rings. The molecule has 2 aromatic carbocycles. The van der Waals surface area contributed by atoms with Crippen molar-refractivity contribution in [2.45, 2.75) is 40.0 Å².